The van der Waals surface area contributed by atoms with Crippen molar-refractivity contribution in [2.45, 2.75) is 33.4 Å². The summed E-state index contributed by atoms with van der Waals surface area (Å²) in [4.78, 5) is 12.3. The molecule has 0 saturated heterocycles. The van der Waals surface area contributed by atoms with Crippen molar-refractivity contribution in [3.8, 4) is 11.6 Å². The maximum Gasteiger partial charge on any atom is 0.295 e. The third kappa shape index (κ3) is 3.44. The molecule has 134 valence electrons. The van der Waals surface area contributed by atoms with Crippen LogP contribution in [0.15, 0.2) is 58.8 Å². The van der Waals surface area contributed by atoms with E-state index in [4.69, 9.17) is 4.74 Å². The first-order chi connectivity index (χ1) is 12.5. The van der Waals surface area contributed by atoms with Crippen molar-refractivity contribution in [3.63, 3.8) is 0 Å². The van der Waals surface area contributed by atoms with Gasteiger partial charge in [-0.2, -0.15) is 0 Å². The molecular weight excluding hydrogens is 330 g/mol. The van der Waals surface area contributed by atoms with Crippen LogP contribution in [-0.4, -0.2) is 21.7 Å². The molecule has 0 aliphatic heterocycles. The molecule has 3 aromatic rings. The van der Waals surface area contributed by atoms with E-state index >= 15 is 0 Å². The molecule has 1 aromatic heterocycles. The molecule has 0 saturated carbocycles. The van der Waals surface area contributed by atoms with Gasteiger partial charge >= 0.3 is 0 Å². The summed E-state index contributed by atoms with van der Waals surface area (Å²) in [6.07, 6.45) is 0.0649. The van der Waals surface area contributed by atoms with Crippen LogP contribution in [0, 0.1) is 0 Å². The molecule has 0 bridgehead atoms. The van der Waals surface area contributed by atoms with Crippen LogP contribution in [0.1, 0.15) is 31.1 Å². The number of nitrogens with zero attached hydrogens (tertiary/aromatic N) is 3. The lowest BCUT2D eigenvalue weighted by Gasteiger charge is -2.09. The minimum absolute atomic E-state index is 0.00549. The van der Waals surface area contributed by atoms with Crippen LogP contribution >= 0.6 is 0 Å². The number of ether oxygens (including phenoxy) is 1. The number of carbonyl (C=O) groups excluding carboxylic acids is 1. The smallest absolute Gasteiger partial charge is 0.295 e. The lowest BCUT2D eigenvalue weighted by atomic mass is 10.2. The van der Waals surface area contributed by atoms with E-state index < -0.39 is 5.91 Å². The second-order valence-corrected chi connectivity index (χ2v) is 6.13. The average molecular weight is 351 g/mol. The van der Waals surface area contributed by atoms with Gasteiger partial charge in [0.2, 0.25) is 5.88 Å². The maximum absolute atomic E-state index is 12.3. The van der Waals surface area contributed by atoms with E-state index in [9.17, 15) is 9.90 Å². The molecule has 0 unspecified atom stereocenters. The Bertz CT molecular complexity index is 956. The number of carbonyl (C=O) groups is 1. The summed E-state index contributed by atoms with van der Waals surface area (Å²) < 4.78 is 7.28. The molecule has 0 spiro atoms. The van der Waals surface area contributed by atoms with Crippen molar-refractivity contribution in [2.24, 2.45) is 10.2 Å². The highest BCUT2D eigenvalue weighted by Gasteiger charge is 2.15. The number of benzene rings is 2. The Morgan fingerprint density at radius 2 is 1.85 bits per heavy atom. The third-order valence-corrected chi connectivity index (χ3v) is 3.95. The molecule has 26 heavy (non-hydrogen) atoms. The van der Waals surface area contributed by atoms with E-state index in [0.717, 1.165) is 10.9 Å². The number of fused-ring (bicyclic) bond motifs is 1. The SMILES string of the molecule is CCn1c(O)c(N=NC(=O)c2ccc(OC(C)C)cc2)c2ccccc21. The van der Waals surface area contributed by atoms with Gasteiger partial charge in [0.25, 0.3) is 5.91 Å². The average Bonchev–Trinajstić information content (AvgIpc) is 2.90. The number of aryl methyl sites for hydroxylation is 1. The molecule has 0 fully saturated rings. The topological polar surface area (TPSA) is 76.2 Å². The monoisotopic (exact) mass is 351 g/mol. The first kappa shape index (κ1) is 17.7. The Hall–Kier alpha value is -3.15. The number of azo groups is 1. The number of hydrogen-bond acceptors (Lipinski definition) is 4. The van der Waals surface area contributed by atoms with Crippen LogP contribution in [0.4, 0.5) is 5.69 Å². The van der Waals surface area contributed by atoms with E-state index in [-0.39, 0.29) is 12.0 Å². The molecule has 0 aliphatic carbocycles. The Morgan fingerprint density at radius 1 is 1.15 bits per heavy atom. The summed E-state index contributed by atoms with van der Waals surface area (Å²) in [7, 11) is 0. The fourth-order valence-corrected chi connectivity index (χ4v) is 2.79. The minimum atomic E-state index is -0.478. The van der Waals surface area contributed by atoms with Crippen LogP contribution < -0.4 is 4.74 Å². The molecular formula is C20H21N3O3. The van der Waals surface area contributed by atoms with E-state index in [1.54, 1.807) is 28.8 Å². The van der Waals surface area contributed by atoms with Crippen LogP contribution in [0.2, 0.25) is 0 Å². The van der Waals surface area contributed by atoms with Crippen molar-refractivity contribution in [1.29, 1.82) is 0 Å². The minimum Gasteiger partial charge on any atom is -0.493 e. The summed E-state index contributed by atoms with van der Waals surface area (Å²) in [5.41, 5.74) is 1.56. The van der Waals surface area contributed by atoms with E-state index in [1.807, 2.05) is 45.0 Å². The molecule has 0 aliphatic rings. The molecule has 3 rings (SSSR count). The van der Waals surface area contributed by atoms with Crippen molar-refractivity contribution in [2.75, 3.05) is 0 Å². The Labute approximate surface area is 151 Å². The van der Waals surface area contributed by atoms with Crippen LogP contribution in [0.25, 0.3) is 10.9 Å². The zero-order chi connectivity index (χ0) is 18.7. The number of aromatic nitrogens is 1. The van der Waals surface area contributed by atoms with Gasteiger partial charge in [0.15, 0.2) is 5.69 Å². The van der Waals surface area contributed by atoms with Gasteiger partial charge in [0, 0.05) is 17.5 Å². The summed E-state index contributed by atoms with van der Waals surface area (Å²) in [6, 6.07) is 14.2. The molecule has 2 aromatic carbocycles. The summed E-state index contributed by atoms with van der Waals surface area (Å²) >= 11 is 0. The zero-order valence-electron chi connectivity index (χ0n) is 15.0. The lowest BCUT2D eigenvalue weighted by molar-refractivity contribution is 0.0995. The Kier molecular flexibility index (Phi) is 5.02. The highest BCUT2D eigenvalue weighted by Crippen LogP contribution is 2.38. The van der Waals surface area contributed by atoms with Crippen molar-refractivity contribution < 1.29 is 14.6 Å². The summed E-state index contributed by atoms with van der Waals surface area (Å²) in [5.74, 6) is 0.219. The summed E-state index contributed by atoms with van der Waals surface area (Å²) in [6.45, 7) is 6.39. The van der Waals surface area contributed by atoms with Gasteiger partial charge in [0.1, 0.15) is 5.75 Å². The number of rotatable bonds is 5. The van der Waals surface area contributed by atoms with Gasteiger partial charge in [-0.15, -0.1) is 10.2 Å². The Balaban J connectivity index is 1.87. The van der Waals surface area contributed by atoms with Crippen LogP contribution in [0.3, 0.4) is 0 Å². The number of para-hydroxylation sites is 1. The van der Waals surface area contributed by atoms with Gasteiger partial charge in [-0.3, -0.25) is 4.79 Å². The highest BCUT2D eigenvalue weighted by atomic mass is 16.5. The first-order valence-electron chi connectivity index (χ1n) is 8.54. The van der Waals surface area contributed by atoms with Gasteiger partial charge in [0.05, 0.1) is 11.6 Å². The molecule has 1 amide bonds. The third-order valence-electron chi connectivity index (χ3n) is 3.95. The predicted octanol–water partition coefficient (Wildman–Crippen LogP) is 5.08. The molecule has 1 N–H and O–H groups in total. The second-order valence-electron chi connectivity index (χ2n) is 6.13. The normalized spacial score (nSPS) is 11.5. The van der Waals surface area contributed by atoms with Crippen LogP contribution in [-0.2, 0) is 6.54 Å². The van der Waals surface area contributed by atoms with Crippen LogP contribution in [0.5, 0.6) is 11.6 Å². The molecule has 0 atom stereocenters. The quantitative estimate of drug-likeness (QED) is 0.651. The maximum atomic E-state index is 12.3. The number of aromatic hydroxyl groups is 1. The lowest BCUT2D eigenvalue weighted by Crippen LogP contribution is -2.05. The van der Waals surface area contributed by atoms with E-state index in [2.05, 4.69) is 10.2 Å². The van der Waals surface area contributed by atoms with Crippen molar-refractivity contribution in [1.82, 2.24) is 4.57 Å². The van der Waals surface area contributed by atoms with Gasteiger partial charge in [-0.05, 0) is 51.1 Å². The van der Waals surface area contributed by atoms with E-state index in [1.165, 1.54) is 0 Å². The first-order valence-corrected chi connectivity index (χ1v) is 8.54. The summed E-state index contributed by atoms with van der Waals surface area (Å²) in [5, 5.41) is 19.0. The van der Waals surface area contributed by atoms with Crippen molar-refractivity contribution >= 4 is 22.5 Å². The van der Waals surface area contributed by atoms with E-state index in [0.29, 0.717) is 23.5 Å². The zero-order valence-corrected chi connectivity index (χ0v) is 15.0. The van der Waals surface area contributed by atoms with Crippen molar-refractivity contribution in [3.05, 3.63) is 54.1 Å². The highest BCUT2D eigenvalue weighted by molar-refractivity contribution is 5.97. The largest absolute Gasteiger partial charge is 0.493 e. The Morgan fingerprint density at radius 3 is 2.50 bits per heavy atom. The van der Waals surface area contributed by atoms with Gasteiger partial charge < -0.3 is 14.4 Å². The molecule has 6 nitrogen and oxygen atoms in total. The molecule has 0 radical (unpaired) electrons. The predicted molar refractivity (Wildman–Crippen MR) is 100 cm³/mol. The molecule has 6 heteroatoms. The number of hydrogen-bond donors (Lipinski definition) is 1. The fourth-order valence-electron chi connectivity index (χ4n) is 2.79. The van der Waals surface area contributed by atoms with Gasteiger partial charge in [-0.25, -0.2) is 0 Å². The van der Waals surface area contributed by atoms with Gasteiger partial charge in [-0.1, -0.05) is 18.2 Å². The number of amides is 1. The fraction of sp³-hybridized carbons (Fsp3) is 0.250. The second kappa shape index (κ2) is 7.39. The molecule has 1 heterocycles. The standard InChI is InChI=1S/C20H21N3O3/c1-4-23-17-8-6-5-7-16(17)18(20(23)25)21-22-19(24)14-9-11-15(12-10-14)26-13(2)3/h5-13,25H,4H2,1-3H3.